The summed E-state index contributed by atoms with van der Waals surface area (Å²) in [6, 6.07) is 14.5. The van der Waals surface area contributed by atoms with Crippen molar-refractivity contribution < 1.29 is 34.4 Å². The molecule has 52 heavy (non-hydrogen) atoms. The number of aliphatic hydroxyl groups is 1. The van der Waals surface area contributed by atoms with Crippen molar-refractivity contribution in [1.29, 1.82) is 0 Å². The van der Waals surface area contributed by atoms with Crippen molar-refractivity contribution >= 4 is 70.6 Å². The van der Waals surface area contributed by atoms with Crippen LogP contribution in [0.5, 0.6) is 0 Å². The van der Waals surface area contributed by atoms with E-state index in [1.165, 1.54) is 42.3 Å². The summed E-state index contributed by atoms with van der Waals surface area (Å²) >= 11 is 3.72. The number of nitrogens with zero attached hydrogens (tertiary/aromatic N) is 1. The second-order valence-electron chi connectivity index (χ2n) is 16.1. The van der Waals surface area contributed by atoms with Crippen LogP contribution in [0.3, 0.4) is 0 Å². The van der Waals surface area contributed by atoms with Crippen LogP contribution in [0.4, 0.5) is 0 Å². The number of allylic oxidation sites excluding steroid dienone is 2. The Bertz CT molecular complexity index is 2220. The minimum absolute atomic E-state index is 0. The van der Waals surface area contributed by atoms with Crippen molar-refractivity contribution in [3.05, 3.63) is 75.8 Å². The third-order valence-corrected chi connectivity index (χ3v) is 13.5. The molecule has 4 heterocycles. The molecule has 4 aromatic heterocycles. The van der Waals surface area contributed by atoms with E-state index in [-0.39, 0.29) is 47.9 Å². The molecule has 1 N–H and O–H groups in total. The molecule has 4 nitrogen and oxygen atoms in total. The molecule has 7 heteroatoms. The van der Waals surface area contributed by atoms with Crippen LogP contribution in [0.25, 0.3) is 53.4 Å². The van der Waals surface area contributed by atoms with Crippen LogP contribution in [-0.2, 0) is 36.7 Å². The smallest absolute Gasteiger partial charge is 0.164 e. The molecular formula is C45H56IrNO3S2-. The van der Waals surface area contributed by atoms with Gasteiger partial charge in [0, 0.05) is 74.6 Å². The maximum Gasteiger partial charge on any atom is 0.164 e. The molecule has 1 radical (unpaired) electrons. The number of thiophene rings is 2. The quantitative estimate of drug-likeness (QED) is 0.0845. The van der Waals surface area contributed by atoms with E-state index in [4.69, 9.17) is 9.40 Å². The van der Waals surface area contributed by atoms with Crippen LogP contribution in [-0.4, -0.2) is 15.9 Å². The Hall–Kier alpha value is -2.83. The van der Waals surface area contributed by atoms with E-state index in [0.29, 0.717) is 5.92 Å². The Morgan fingerprint density at radius 1 is 0.923 bits per heavy atom. The van der Waals surface area contributed by atoms with Crippen molar-refractivity contribution in [3.8, 4) is 11.3 Å². The molecule has 0 fully saturated rings. The standard InChI is InChI=1S/C30H28NOS2.C15H28O2.Ir/c1-16(2)13-24-17(3)25-23(34-24)8-7-21-26(25)27-22(32-21)9-11-31-28(27)19-14-18-10-12-33-29(18)20(15-19)30(4,5)6;1-7-14(5,8-2)12(16)11-13(17)15(6,9-3)10-4;/h7-12,15-16H,13H2,1-6H3;11,16H,7-10H2,1-6H3;/q-1;;/b;12-11-;. The minimum atomic E-state index is -0.337. The molecule has 0 amide bonds. The second-order valence-corrected chi connectivity index (χ2v) is 18.2. The second kappa shape index (κ2) is 16.3. The Morgan fingerprint density at radius 3 is 2.15 bits per heavy atom. The number of pyridine rings is 1. The molecule has 281 valence electrons. The predicted molar refractivity (Wildman–Crippen MR) is 222 cm³/mol. The van der Waals surface area contributed by atoms with Crippen molar-refractivity contribution in [3.63, 3.8) is 0 Å². The average molecular weight is 915 g/mol. The van der Waals surface area contributed by atoms with Gasteiger partial charge in [0.1, 0.15) is 16.9 Å². The van der Waals surface area contributed by atoms with E-state index in [1.54, 1.807) is 11.3 Å². The number of aromatic nitrogens is 1. The number of furan rings is 1. The molecule has 0 aliphatic heterocycles. The van der Waals surface area contributed by atoms with Gasteiger partial charge in [0.25, 0.3) is 0 Å². The maximum absolute atomic E-state index is 12.2. The fourth-order valence-corrected chi connectivity index (χ4v) is 9.25. The van der Waals surface area contributed by atoms with E-state index in [1.807, 2.05) is 65.1 Å². The average Bonchev–Trinajstić information content (AvgIpc) is 3.81. The predicted octanol–water partition coefficient (Wildman–Crippen LogP) is 14.3. The van der Waals surface area contributed by atoms with Crippen LogP contribution >= 0.6 is 22.7 Å². The number of fused-ring (bicyclic) bond motifs is 6. The molecular weight excluding hydrogens is 859 g/mol. The molecule has 0 bridgehead atoms. The fourth-order valence-electron chi connectivity index (χ4n) is 6.74. The van der Waals surface area contributed by atoms with Gasteiger partial charge in [0.2, 0.25) is 0 Å². The first-order valence-corrected chi connectivity index (χ1v) is 20.3. The fraction of sp³-hybridized carbons (Fsp3) is 0.467. The first-order chi connectivity index (χ1) is 24.0. The number of hydrogen-bond donors (Lipinski definition) is 1. The summed E-state index contributed by atoms with van der Waals surface area (Å²) in [6.45, 7) is 25.8. The van der Waals surface area contributed by atoms with Gasteiger partial charge in [0.15, 0.2) is 5.78 Å². The molecule has 0 aliphatic carbocycles. The van der Waals surface area contributed by atoms with Gasteiger partial charge in [-0.25, -0.2) is 0 Å². The van der Waals surface area contributed by atoms with Crippen LogP contribution in [0.15, 0.2) is 58.2 Å². The Labute approximate surface area is 332 Å². The summed E-state index contributed by atoms with van der Waals surface area (Å²) in [5.74, 6) is 0.914. The van der Waals surface area contributed by atoms with E-state index in [0.717, 1.165) is 65.3 Å². The summed E-state index contributed by atoms with van der Waals surface area (Å²) in [7, 11) is 0. The Kier molecular flexibility index (Phi) is 13.1. The van der Waals surface area contributed by atoms with Gasteiger partial charge < -0.3 is 9.52 Å². The molecule has 0 atom stereocenters. The van der Waals surface area contributed by atoms with Gasteiger partial charge in [-0.3, -0.25) is 9.78 Å². The number of hydrogen-bond acceptors (Lipinski definition) is 6. The Balaban J connectivity index is 0.000000289. The molecule has 0 unspecified atom stereocenters. The molecule has 6 rings (SSSR count). The van der Waals surface area contributed by atoms with Crippen LogP contribution < -0.4 is 0 Å². The SMILES string of the molecule is CCC(C)(CC)C(=O)/C=C(\O)C(C)(CC)CC.Cc1c(CC(C)C)sc2ccc3oc4ccnc(-c5[c-]c6ccsc6c(C(C)(C)C)c5)c4c3c12.[Ir]. The monoisotopic (exact) mass is 915 g/mol. The van der Waals surface area contributed by atoms with Crippen molar-refractivity contribution in [1.82, 2.24) is 4.98 Å². The Morgan fingerprint density at radius 2 is 1.56 bits per heavy atom. The largest absolute Gasteiger partial charge is 0.512 e. The van der Waals surface area contributed by atoms with Gasteiger partial charge >= 0.3 is 0 Å². The summed E-state index contributed by atoms with van der Waals surface area (Å²) in [5, 5.41) is 17.1. The van der Waals surface area contributed by atoms with Gasteiger partial charge in [-0.15, -0.1) is 34.9 Å². The zero-order chi connectivity index (χ0) is 37.5. The molecule has 0 aliphatic rings. The molecule has 6 aromatic rings. The van der Waals surface area contributed by atoms with Gasteiger partial charge in [0.05, 0.1) is 0 Å². The summed E-state index contributed by atoms with van der Waals surface area (Å²) in [4.78, 5) is 18.6. The number of rotatable bonds is 10. The summed E-state index contributed by atoms with van der Waals surface area (Å²) in [6.07, 6.45) is 7.72. The zero-order valence-corrected chi connectivity index (χ0v) is 37.1. The summed E-state index contributed by atoms with van der Waals surface area (Å²) < 4.78 is 9.03. The van der Waals surface area contributed by atoms with E-state index < -0.39 is 0 Å². The number of aryl methyl sites for hydroxylation is 1. The van der Waals surface area contributed by atoms with Crippen LogP contribution in [0.2, 0.25) is 0 Å². The minimum Gasteiger partial charge on any atom is -0.512 e. The van der Waals surface area contributed by atoms with Crippen molar-refractivity contribution in [2.24, 2.45) is 16.7 Å². The third kappa shape index (κ3) is 7.99. The zero-order valence-electron chi connectivity index (χ0n) is 33.1. The number of ketones is 1. The first kappa shape index (κ1) is 41.9. The summed E-state index contributed by atoms with van der Waals surface area (Å²) in [5.41, 5.74) is 5.96. The first-order valence-electron chi connectivity index (χ1n) is 18.6. The normalized spacial score (nSPS) is 12.9. The number of carbonyl (C=O) groups excluding carboxylic acids is 1. The third-order valence-electron chi connectivity index (χ3n) is 11.3. The number of carbonyl (C=O) groups is 1. The molecule has 2 aromatic carbocycles. The van der Waals surface area contributed by atoms with Crippen LogP contribution in [0.1, 0.15) is 118 Å². The topological polar surface area (TPSA) is 63.3 Å². The van der Waals surface area contributed by atoms with E-state index in [2.05, 4.69) is 77.3 Å². The van der Waals surface area contributed by atoms with Gasteiger partial charge in [-0.05, 0) is 84.2 Å². The van der Waals surface area contributed by atoms with Gasteiger partial charge in [-0.2, -0.15) is 11.3 Å². The maximum atomic E-state index is 12.2. The molecule has 0 spiro atoms. The van der Waals surface area contributed by atoms with Crippen molar-refractivity contribution in [2.75, 3.05) is 0 Å². The van der Waals surface area contributed by atoms with Crippen molar-refractivity contribution in [2.45, 2.75) is 121 Å². The number of aliphatic hydroxyl groups excluding tert-OH is 1. The number of benzene rings is 2. The molecule has 0 saturated carbocycles. The molecule has 0 saturated heterocycles. The van der Waals surface area contributed by atoms with E-state index in [9.17, 15) is 9.90 Å². The van der Waals surface area contributed by atoms with Crippen LogP contribution in [0, 0.1) is 29.7 Å². The van der Waals surface area contributed by atoms with E-state index >= 15 is 0 Å². The van der Waals surface area contributed by atoms with Gasteiger partial charge in [-0.1, -0.05) is 87.3 Å².